The molecular weight excluding hydrogens is 327 g/mol. The second-order valence-electron chi connectivity index (χ2n) is 6.33. The molecule has 1 amide bonds. The Morgan fingerprint density at radius 3 is 2.79 bits per heavy atom. The van der Waals surface area contributed by atoms with Gasteiger partial charge in [0.2, 0.25) is 5.91 Å². The number of thiazole rings is 1. The van der Waals surface area contributed by atoms with Gasteiger partial charge in [0.15, 0.2) is 5.13 Å². The number of aromatic nitrogens is 1. The van der Waals surface area contributed by atoms with E-state index in [4.69, 9.17) is 4.74 Å². The first-order valence-corrected chi connectivity index (χ1v) is 8.84. The lowest BCUT2D eigenvalue weighted by atomic mass is 9.80. The topological polar surface area (TPSA) is 51.2 Å². The molecule has 0 atom stereocenters. The molecule has 2 aromatic rings. The standard InChI is InChI=1S/C18H21FN2O2S/c1-12-3-4-14(13(2)9-12)15-10-20-17(24-15)21-16(22)18(11-19)5-7-23-8-6-18/h3-4,9-10H,5-8,11H2,1-2H3,(H,20,21,22). The minimum absolute atomic E-state index is 0.296. The van der Waals surface area contributed by atoms with Crippen LogP contribution in [-0.2, 0) is 9.53 Å². The van der Waals surface area contributed by atoms with Crippen LogP contribution in [0.2, 0.25) is 0 Å². The van der Waals surface area contributed by atoms with Crippen molar-refractivity contribution in [2.75, 3.05) is 25.2 Å². The zero-order chi connectivity index (χ0) is 17.2. The Balaban J connectivity index is 1.77. The van der Waals surface area contributed by atoms with Crippen molar-refractivity contribution in [1.29, 1.82) is 0 Å². The Morgan fingerprint density at radius 1 is 1.38 bits per heavy atom. The van der Waals surface area contributed by atoms with Crippen LogP contribution in [0, 0.1) is 19.3 Å². The number of nitrogens with one attached hydrogen (secondary N) is 1. The van der Waals surface area contributed by atoms with Gasteiger partial charge in [0.25, 0.3) is 0 Å². The number of benzene rings is 1. The molecule has 128 valence electrons. The number of carbonyl (C=O) groups excluding carboxylic acids is 1. The largest absolute Gasteiger partial charge is 0.381 e. The summed E-state index contributed by atoms with van der Waals surface area (Å²) in [5, 5.41) is 3.31. The maximum absolute atomic E-state index is 13.5. The van der Waals surface area contributed by atoms with Gasteiger partial charge in [-0.2, -0.15) is 0 Å². The van der Waals surface area contributed by atoms with Gasteiger partial charge in [0.05, 0.1) is 10.3 Å². The summed E-state index contributed by atoms with van der Waals surface area (Å²) < 4.78 is 18.8. The lowest BCUT2D eigenvalue weighted by Gasteiger charge is -2.32. The van der Waals surface area contributed by atoms with Gasteiger partial charge in [-0.15, -0.1) is 0 Å². The fourth-order valence-electron chi connectivity index (χ4n) is 2.96. The molecule has 1 fully saturated rings. The quantitative estimate of drug-likeness (QED) is 0.904. The van der Waals surface area contributed by atoms with Crippen molar-refractivity contribution in [2.24, 2.45) is 5.41 Å². The predicted molar refractivity (Wildman–Crippen MR) is 94.1 cm³/mol. The normalized spacial score (nSPS) is 16.8. The van der Waals surface area contributed by atoms with Crippen LogP contribution in [0.5, 0.6) is 0 Å². The number of hydrogen-bond acceptors (Lipinski definition) is 4. The zero-order valence-electron chi connectivity index (χ0n) is 13.9. The number of amides is 1. The first-order chi connectivity index (χ1) is 11.5. The van der Waals surface area contributed by atoms with E-state index in [-0.39, 0.29) is 5.91 Å². The molecule has 6 heteroatoms. The van der Waals surface area contributed by atoms with Crippen molar-refractivity contribution in [3.05, 3.63) is 35.5 Å². The van der Waals surface area contributed by atoms with E-state index in [0.717, 1.165) is 10.4 Å². The molecule has 0 radical (unpaired) electrons. The predicted octanol–water partition coefficient (Wildman–Crippen LogP) is 4.13. The molecule has 1 aliphatic heterocycles. The molecule has 2 heterocycles. The van der Waals surface area contributed by atoms with Gasteiger partial charge in [-0.3, -0.25) is 4.79 Å². The SMILES string of the molecule is Cc1ccc(-c2cnc(NC(=O)C3(CF)CCOCC3)s2)c(C)c1. The van der Waals surface area contributed by atoms with Crippen LogP contribution in [0.15, 0.2) is 24.4 Å². The summed E-state index contributed by atoms with van der Waals surface area (Å²) in [6.45, 7) is 4.28. The lowest BCUT2D eigenvalue weighted by Crippen LogP contribution is -2.42. The third-order valence-corrected chi connectivity index (χ3v) is 5.51. The van der Waals surface area contributed by atoms with Gasteiger partial charge in [0.1, 0.15) is 6.67 Å². The van der Waals surface area contributed by atoms with Crippen LogP contribution in [0.1, 0.15) is 24.0 Å². The number of rotatable bonds is 4. The van der Waals surface area contributed by atoms with Crippen molar-refractivity contribution >= 4 is 22.4 Å². The summed E-state index contributed by atoms with van der Waals surface area (Å²) in [4.78, 5) is 17.8. The number of aryl methyl sites for hydroxylation is 2. The number of nitrogens with zero attached hydrogens (tertiary/aromatic N) is 1. The molecule has 1 saturated heterocycles. The van der Waals surface area contributed by atoms with E-state index in [0.29, 0.717) is 31.2 Å². The molecule has 1 N–H and O–H groups in total. The number of alkyl halides is 1. The third-order valence-electron chi connectivity index (χ3n) is 4.56. The van der Waals surface area contributed by atoms with Crippen LogP contribution in [0.4, 0.5) is 9.52 Å². The highest BCUT2D eigenvalue weighted by molar-refractivity contribution is 7.19. The molecule has 0 aliphatic carbocycles. The van der Waals surface area contributed by atoms with Crippen molar-refractivity contribution in [1.82, 2.24) is 4.98 Å². The Hall–Kier alpha value is -1.79. The van der Waals surface area contributed by atoms with E-state index in [1.54, 1.807) is 6.20 Å². The number of hydrogen-bond donors (Lipinski definition) is 1. The molecule has 0 spiro atoms. The van der Waals surface area contributed by atoms with Crippen LogP contribution in [0.3, 0.4) is 0 Å². The highest BCUT2D eigenvalue weighted by Crippen LogP contribution is 2.35. The highest BCUT2D eigenvalue weighted by atomic mass is 32.1. The third kappa shape index (κ3) is 3.35. The van der Waals surface area contributed by atoms with Crippen molar-refractivity contribution in [2.45, 2.75) is 26.7 Å². The monoisotopic (exact) mass is 348 g/mol. The number of anilines is 1. The Morgan fingerprint density at radius 2 is 2.12 bits per heavy atom. The first-order valence-electron chi connectivity index (χ1n) is 8.03. The summed E-state index contributed by atoms with van der Waals surface area (Å²) in [6.07, 6.45) is 2.57. The molecule has 1 aromatic carbocycles. The second-order valence-corrected chi connectivity index (χ2v) is 7.36. The van der Waals surface area contributed by atoms with Gasteiger partial charge in [-0.1, -0.05) is 35.1 Å². The van der Waals surface area contributed by atoms with Crippen molar-refractivity contribution < 1.29 is 13.9 Å². The van der Waals surface area contributed by atoms with Crippen LogP contribution in [0.25, 0.3) is 10.4 Å². The summed E-state index contributed by atoms with van der Waals surface area (Å²) in [7, 11) is 0. The Kier molecular flexibility index (Phi) is 4.96. The lowest BCUT2D eigenvalue weighted by molar-refractivity contribution is -0.132. The fraction of sp³-hybridized carbons (Fsp3) is 0.444. The maximum atomic E-state index is 13.5. The second kappa shape index (κ2) is 6.99. The summed E-state index contributed by atoms with van der Waals surface area (Å²) in [5.74, 6) is -0.296. The van der Waals surface area contributed by atoms with Crippen LogP contribution >= 0.6 is 11.3 Å². The van der Waals surface area contributed by atoms with E-state index >= 15 is 0 Å². The molecule has 24 heavy (non-hydrogen) atoms. The van der Waals surface area contributed by atoms with E-state index in [2.05, 4.69) is 42.3 Å². The molecule has 0 unspecified atom stereocenters. The van der Waals surface area contributed by atoms with Gasteiger partial charge in [-0.05, 0) is 37.8 Å². The average Bonchev–Trinajstić information content (AvgIpc) is 3.03. The minimum atomic E-state index is -0.982. The number of carbonyl (C=O) groups is 1. The summed E-state index contributed by atoms with van der Waals surface area (Å²) in [6, 6.07) is 6.24. The van der Waals surface area contributed by atoms with E-state index in [1.165, 1.54) is 22.5 Å². The van der Waals surface area contributed by atoms with E-state index in [9.17, 15) is 9.18 Å². The molecule has 0 bridgehead atoms. The minimum Gasteiger partial charge on any atom is -0.381 e. The summed E-state index contributed by atoms with van der Waals surface area (Å²) in [5.41, 5.74) is 2.49. The smallest absolute Gasteiger partial charge is 0.235 e. The zero-order valence-corrected chi connectivity index (χ0v) is 14.7. The highest BCUT2D eigenvalue weighted by Gasteiger charge is 2.40. The Labute approximate surface area is 145 Å². The first kappa shape index (κ1) is 17.0. The molecule has 3 rings (SSSR count). The maximum Gasteiger partial charge on any atom is 0.235 e. The van der Waals surface area contributed by atoms with Gasteiger partial charge in [-0.25, -0.2) is 9.37 Å². The molecular formula is C18H21FN2O2S. The van der Waals surface area contributed by atoms with Gasteiger partial charge < -0.3 is 10.1 Å². The Bertz CT molecular complexity index is 738. The van der Waals surface area contributed by atoms with Crippen molar-refractivity contribution in [3.8, 4) is 10.4 Å². The molecule has 1 aromatic heterocycles. The van der Waals surface area contributed by atoms with Crippen molar-refractivity contribution in [3.63, 3.8) is 0 Å². The molecule has 0 saturated carbocycles. The number of halogens is 1. The van der Waals surface area contributed by atoms with Gasteiger partial charge >= 0.3 is 0 Å². The number of ether oxygens (including phenoxy) is 1. The van der Waals surface area contributed by atoms with Crippen LogP contribution in [-0.4, -0.2) is 30.8 Å². The fourth-order valence-corrected chi connectivity index (χ4v) is 3.86. The van der Waals surface area contributed by atoms with Crippen LogP contribution < -0.4 is 5.32 Å². The average molecular weight is 348 g/mol. The molecule has 1 aliphatic rings. The van der Waals surface area contributed by atoms with E-state index in [1.807, 2.05) is 0 Å². The van der Waals surface area contributed by atoms with E-state index < -0.39 is 12.1 Å². The van der Waals surface area contributed by atoms with Gasteiger partial charge in [0, 0.05) is 19.4 Å². The molecule has 4 nitrogen and oxygen atoms in total. The summed E-state index contributed by atoms with van der Waals surface area (Å²) >= 11 is 1.41.